The predicted molar refractivity (Wildman–Crippen MR) is 120 cm³/mol. The predicted octanol–water partition coefficient (Wildman–Crippen LogP) is 5.42. The van der Waals surface area contributed by atoms with E-state index in [2.05, 4.69) is 0 Å². The third-order valence-electron chi connectivity index (χ3n) is 5.37. The van der Waals surface area contributed by atoms with Crippen LogP contribution in [0.3, 0.4) is 0 Å². The summed E-state index contributed by atoms with van der Waals surface area (Å²) in [7, 11) is 1.47. The number of nitrogens with zero attached hydrogens (tertiary/aromatic N) is 1. The quantitative estimate of drug-likeness (QED) is 0.326. The Hall–Kier alpha value is -3.64. The van der Waals surface area contributed by atoms with Gasteiger partial charge in [0.05, 0.1) is 23.7 Å². The summed E-state index contributed by atoms with van der Waals surface area (Å²) in [4.78, 5) is 27.4. The lowest BCUT2D eigenvalue weighted by Gasteiger charge is -2.26. The van der Waals surface area contributed by atoms with Gasteiger partial charge in [-0.15, -0.1) is 0 Å². The lowest BCUT2D eigenvalue weighted by atomic mass is 9.95. The van der Waals surface area contributed by atoms with Gasteiger partial charge in [-0.05, 0) is 42.8 Å². The standard InChI is InChI=1S/C25H19ClFNO4/c1-14-3-5-16(6-4-14)23(29)21-22(15-7-9-17(27)10-8-15)28(25(31)24(21)30)18-11-12-20(32-2)19(26)13-18/h3-13,22,29H,1-2H3/b23-21+. The fourth-order valence-corrected chi connectivity index (χ4v) is 3.98. The molecule has 3 aromatic rings. The summed E-state index contributed by atoms with van der Waals surface area (Å²) in [5, 5.41) is 11.3. The summed E-state index contributed by atoms with van der Waals surface area (Å²) in [5.41, 5.74) is 2.09. The molecule has 1 aliphatic heterocycles. The second kappa shape index (κ2) is 8.48. The van der Waals surface area contributed by atoms with Crippen LogP contribution in [0.15, 0.2) is 72.3 Å². The number of amides is 1. The number of aryl methyl sites for hydroxylation is 1. The second-order valence-electron chi connectivity index (χ2n) is 7.41. The molecule has 5 nitrogen and oxygen atoms in total. The average Bonchev–Trinajstić information content (AvgIpc) is 3.05. The van der Waals surface area contributed by atoms with Gasteiger partial charge in [0.25, 0.3) is 11.7 Å². The van der Waals surface area contributed by atoms with Gasteiger partial charge < -0.3 is 9.84 Å². The van der Waals surface area contributed by atoms with Gasteiger partial charge in [0, 0.05) is 11.3 Å². The summed E-state index contributed by atoms with van der Waals surface area (Å²) in [6, 6.07) is 16.1. The van der Waals surface area contributed by atoms with E-state index in [0.29, 0.717) is 22.6 Å². The first kappa shape index (κ1) is 21.6. The molecule has 7 heteroatoms. The fourth-order valence-electron chi connectivity index (χ4n) is 3.73. The van der Waals surface area contributed by atoms with Gasteiger partial charge in [0.15, 0.2) is 0 Å². The number of methoxy groups -OCH3 is 1. The van der Waals surface area contributed by atoms with E-state index >= 15 is 0 Å². The number of Topliss-reactive ketones (excluding diaryl/α,β-unsaturated/α-hetero) is 1. The van der Waals surface area contributed by atoms with Crippen LogP contribution < -0.4 is 9.64 Å². The SMILES string of the molecule is COc1ccc(N2C(=O)C(=O)/C(=C(/O)c3ccc(C)cc3)C2c2ccc(F)cc2)cc1Cl. The van der Waals surface area contributed by atoms with Crippen molar-refractivity contribution in [2.24, 2.45) is 0 Å². The summed E-state index contributed by atoms with van der Waals surface area (Å²) in [5.74, 6) is -2.03. The first-order chi connectivity index (χ1) is 15.3. The first-order valence-electron chi connectivity index (χ1n) is 9.79. The number of hydrogen-bond acceptors (Lipinski definition) is 4. The number of aliphatic hydroxyl groups is 1. The highest BCUT2D eigenvalue weighted by Crippen LogP contribution is 2.43. The molecule has 0 saturated carbocycles. The highest BCUT2D eigenvalue weighted by Gasteiger charge is 2.47. The molecule has 1 saturated heterocycles. The number of aliphatic hydroxyl groups excluding tert-OH is 1. The van der Waals surface area contributed by atoms with Crippen LogP contribution in [-0.2, 0) is 9.59 Å². The van der Waals surface area contributed by atoms with Gasteiger partial charge in [-0.25, -0.2) is 4.39 Å². The minimum Gasteiger partial charge on any atom is -0.507 e. The van der Waals surface area contributed by atoms with Crippen LogP contribution in [0.4, 0.5) is 10.1 Å². The molecule has 32 heavy (non-hydrogen) atoms. The largest absolute Gasteiger partial charge is 0.507 e. The number of carbonyl (C=O) groups excluding carboxylic acids is 2. The molecule has 1 N–H and O–H groups in total. The molecule has 0 aromatic heterocycles. The van der Waals surface area contributed by atoms with Gasteiger partial charge in [-0.1, -0.05) is 53.6 Å². The number of carbonyl (C=O) groups is 2. The molecule has 0 bridgehead atoms. The molecular weight excluding hydrogens is 433 g/mol. The van der Waals surface area contributed by atoms with Crippen molar-refractivity contribution in [1.29, 1.82) is 0 Å². The van der Waals surface area contributed by atoms with Crippen molar-refractivity contribution in [3.63, 3.8) is 0 Å². The molecule has 1 heterocycles. The molecule has 0 aliphatic carbocycles. The van der Waals surface area contributed by atoms with Crippen LogP contribution in [-0.4, -0.2) is 23.9 Å². The molecule has 0 spiro atoms. The Morgan fingerprint density at radius 2 is 1.69 bits per heavy atom. The van der Waals surface area contributed by atoms with Crippen molar-refractivity contribution >= 4 is 34.7 Å². The molecule has 1 amide bonds. The third-order valence-corrected chi connectivity index (χ3v) is 5.66. The highest BCUT2D eigenvalue weighted by atomic mass is 35.5. The van der Waals surface area contributed by atoms with Crippen LogP contribution in [0.1, 0.15) is 22.7 Å². The second-order valence-corrected chi connectivity index (χ2v) is 7.81. The van der Waals surface area contributed by atoms with Crippen LogP contribution >= 0.6 is 11.6 Å². The van der Waals surface area contributed by atoms with Crippen molar-refractivity contribution in [2.75, 3.05) is 12.0 Å². The van der Waals surface area contributed by atoms with Gasteiger partial charge in [0.2, 0.25) is 0 Å². The fraction of sp³-hybridized carbons (Fsp3) is 0.120. The number of hydrogen-bond donors (Lipinski definition) is 1. The third kappa shape index (κ3) is 3.74. The molecule has 1 atom stereocenters. The smallest absolute Gasteiger partial charge is 0.300 e. The number of halogens is 2. The monoisotopic (exact) mass is 451 g/mol. The number of rotatable bonds is 4. The maximum atomic E-state index is 13.6. The molecule has 1 unspecified atom stereocenters. The molecule has 162 valence electrons. The first-order valence-corrected chi connectivity index (χ1v) is 10.2. The van der Waals surface area contributed by atoms with Crippen molar-refractivity contribution in [2.45, 2.75) is 13.0 Å². The summed E-state index contributed by atoms with van der Waals surface area (Å²) in [6.07, 6.45) is 0. The number of ether oxygens (including phenoxy) is 1. The molecule has 1 fully saturated rings. The van der Waals surface area contributed by atoms with Crippen molar-refractivity contribution < 1.29 is 23.8 Å². The topological polar surface area (TPSA) is 66.8 Å². The Balaban J connectivity index is 1.93. The zero-order valence-electron chi connectivity index (χ0n) is 17.3. The number of ketones is 1. The Kier molecular flexibility index (Phi) is 5.72. The van der Waals surface area contributed by atoms with E-state index < -0.39 is 23.5 Å². The molecular formula is C25H19ClFNO4. The van der Waals surface area contributed by atoms with Gasteiger partial charge >= 0.3 is 0 Å². The Morgan fingerprint density at radius 3 is 2.28 bits per heavy atom. The number of anilines is 1. The van der Waals surface area contributed by atoms with Gasteiger partial charge in [-0.3, -0.25) is 14.5 Å². The zero-order valence-corrected chi connectivity index (χ0v) is 18.1. The average molecular weight is 452 g/mol. The van der Waals surface area contributed by atoms with Crippen molar-refractivity contribution in [3.05, 3.63) is 99.8 Å². The van der Waals surface area contributed by atoms with E-state index in [0.717, 1.165) is 5.56 Å². The molecule has 0 radical (unpaired) electrons. The van der Waals surface area contributed by atoms with Crippen molar-refractivity contribution in [3.8, 4) is 5.75 Å². The van der Waals surface area contributed by atoms with Gasteiger partial charge in [0.1, 0.15) is 17.3 Å². The zero-order chi connectivity index (χ0) is 23.0. The van der Waals surface area contributed by atoms with Crippen LogP contribution in [0.5, 0.6) is 5.75 Å². The molecule has 3 aromatic carbocycles. The molecule has 4 rings (SSSR count). The molecule has 1 aliphatic rings. The summed E-state index contributed by atoms with van der Waals surface area (Å²) >= 11 is 6.26. The Bertz CT molecular complexity index is 1240. The normalized spacial score (nSPS) is 17.6. The van der Waals surface area contributed by atoms with E-state index in [-0.39, 0.29) is 16.4 Å². The highest BCUT2D eigenvalue weighted by molar-refractivity contribution is 6.51. The Morgan fingerprint density at radius 1 is 1.03 bits per heavy atom. The number of benzene rings is 3. The van der Waals surface area contributed by atoms with Gasteiger partial charge in [-0.2, -0.15) is 0 Å². The van der Waals surface area contributed by atoms with E-state index in [1.165, 1.54) is 42.3 Å². The van der Waals surface area contributed by atoms with Crippen LogP contribution in [0.2, 0.25) is 5.02 Å². The minimum absolute atomic E-state index is 0.0857. The van der Waals surface area contributed by atoms with E-state index in [4.69, 9.17) is 16.3 Å². The lowest BCUT2D eigenvalue weighted by molar-refractivity contribution is -0.132. The minimum atomic E-state index is -0.971. The maximum Gasteiger partial charge on any atom is 0.300 e. The summed E-state index contributed by atoms with van der Waals surface area (Å²) in [6.45, 7) is 1.90. The Labute approximate surface area is 189 Å². The lowest BCUT2D eigenvalue weighted by Crippen LogP contribution is -2.29. The van der Waals surface area contributed by atoms with Crippen molar-refractivity contribution in [1.82, 2.24) is 0 Å². The van der Waals surface area contributed by atoms with E-state index in [1.54, 1.807) is 36.4 Å². The summed E-state index contributed by atoms with van der Waals surface area (Å²) < 4.78 is 18.8. The van der Waals surface area contributed by atoms with E-state index in [9.17, 15) is 19.1 Å². The van der Waals surface area contributed by atoms with E-state index in [1.807, 2.05) is 6.92 Å². The maximum absolute atomic E-state index is 13.6. The van der Waals surface area contributed by atoms with Crippen LogP contribution in [0, 0.1) is 12.7 Å². The van der Waals surface area contributed by atoms with Crippen LogP contribution in [0.25, 0.3) is 5.76 Å².